The lowest BCUT2D eigenvalue weighted by molar-refractivity contribution is 0.866. The van der Waals surface area contributed by atoms with E-state index in [1.807, 2.05) is 0 Å². The number of fused-ring (bicyclic) bond motifs is 2. The van der Waals surface area contributed by atoms with Gasteiger partial charge in [-0.3, -0.25) is 0 Å². The fraction of sp³-hybridized carbons (Fsp3) is 0.136. The number of para-hydroxylation sites is 2. The fourth-order valence-electron chi connectivity index (χ4n) is 6.55. The van der Waals surface area contributed by atoms with Crippen molar-refractivity contribution in [2.45, 2.75) is 39.5 Å². The van der Waals surface area contributed by atoms with Gasteiger partial charge in [-0.05, 0) is 71.5 Å². The lowest BCUT2D eigenvalue weighted by atomic mass is 9.95. The van der Waals surface area contributed by atoms with E-state index < -0.39 is 0 Å². The first-order valence-electron chi connectivity index (χ1n) is 16.3. The van der Waals surface area contributed by atoms with Gasteiger partial charge in [0.1, 0.15) is 0 Å². The number of hydrogen-bond acceptors (Lipinski definition) is 2. The summed E-state index contributed by atoms with van der Waals surface area (Å²) in [6.45, 7) is 9.01. The van der Waals surface area contributed by atoms with Crippen molar-refractivity contribution in [2.75, 3.05) is 9.80 Å². The van der Waals surface area contributed by atoms with Crippen LogP contribution in [-0.2, 0) is 0 Å². The minimum absolute atomic E-state index is 0.468. The van der Waals surface area contributed by atoms with Gasteiger partial charge in [-0.15, -0.1) is 0 Å². The number of rotatable bonds is 8. The van der Waals surface area contributed by atoms with E-state index in [0.717, 1.165) is 22.7 Å². The standard InChI is InChI=1S/C44H40N2/c1-31(2)33-23-27-37(28-24-33)46(38-29-25-34(26-30-38)32(3)4)44-41-21-13-11-19-39(41)43(40-20-12-14-22-42(40)44)45(35-15-7-5-8-16-35)36-17-9-6-10-18-36/h5-32H,1-4H3. The average Bonchev–Trinajstić information content (AvgIpc) is 3.10. The van der Waals surface area contributed by atoms with E-state index in [1.54, 1.807) is 0 Å². The van der Waals surface area contributed by atoms with Crippen molar-refractivity contribution in [1.29, 1.82) is 0 Å². The van der Waals surface area contributed by atoms with Gasteiger partial charge in [0.05, 0.1) is 11.4 Å². The van der Waals surface area contributed by atoms with E-state index in [-0.39, 0.29) is 0 Å². The second kappa shape index (κ2) is 12.6. The number of nitrogens with zero attached hydrogens (tertiary/aromatic N) is 2. The molecule has 0 aliphatic rings. The van der Waals surface area contributed by atoms with Crippen molar-refractivity contribution in [3.8, 4) is 0 Å². The number of benzene rings is 7. The molecule has 2 heteroatoms. The minimum atomic E-state index is 0.468. The van der Waals surface area contributed by atoms with Gasteiger partial charge in [0, 0.05) is 44.3 Å². The maximum atomic E-state index is 2.46. The highest BCUT2D eigenvalue weighted by Gasteiger charge is 2.25. The number of anilines is 6. The van der Waals surface area contributed by atoms with E-state index >= 15 is 0 Å². The topological polar surface area (TPSA) is 6.48 Å². The summed E-state index contributed by atoms with van der Waals surface area (Å²) in [5, 5.41) is 4.81. The Morgan fingerprint density at radius 2 is 0.565 bits per heavy atom. The van der Waals surface area contributed by atoms with Gasteiger partial charge in [0.25, 0.3) is 0 Å². The molecule has 46 heavy (non-hydrogen) atoms. The molecule has 0 spiro atoms. The Hall–Kier alpha value is -5.34. The Bertz CT molecular complexity index is 1930. The van der Waals surface area contributed by atoms with E-state index in [0.29, 0.717) is 11.8 Å². The zero-order valence-electron chi connectivity index (χ0n) is 27.1. The summed E-state index contributed by atoms with van der Waals surface area (Å²) < 4.78 is 0. The molecule has 0 fully saturated rings. The average molecular weight is 597 g/mol. The number of hydrogen-bond donors (Lipinski definition) is 0. The Labute approximate surface area is 273 Å². The molecule has 0 saturated heterocycles. The van der Waals surface area contributed by atoms with E-state index in [2.05, 4.69) is 195 Å². The van der Waals surface area contributed by atoms with E-state index in [1.165, 1.54) is 44.0 Å². The molecule has 0 atom stereocenters. The maximum Gasteiger partial charge on any atom is 0.0619 e. The molecule has 7 aromatic rings. The van der Waals surface area contributed by atoms with Crippen LogP contribution >= 0.6 is 0 Å². The van der Waals surface area contributed by atoms with Crippen molar-refractivity contribution in [2.24, 2.45) is 0 Å². The molecular formula is C44H40N2. The van der Waals surface area contributed by atoms with Gasteiger partial charge in [-0.25, -0.2) is 0 Å². The third-order valence-corrected chi connectivity index (χ3v) is 8.99. The van der Waals surface area contributed by atoms with Crippen LogP contribution in [0.15, 0.2) is 158 Å². The first kappa shape index (κ1) is 29.4. The molecule has 0 saturated carbocycles. The highest BCUT2D eigenvalue weighted by molar-refractivity contribution is 6.23. The summed E-state index contributed by atoms with van der Waals surface area (Å²) in [5.74, 6) is 0.937. The summed E-state index contributed by atoms with van der Waals surface area (Å²) in [6.07, 6.45) is 0. The van der Waals surface area contributed by atoms with Crippen molar-refractivity contribution in [3.05, 3.63) is 169 Å². The molecule has 2 nitrogen and oxygen atoms in total. The Morgan fingerprint density at radius 1 is 0.304 bits per heavy atom. The smallest absolute Gasteiger partial charge is 0.0619 e. The van der Waals surface area contributed by atoms with Crippen LogP contribution in [0.25, 0.3) is 21.5 Å². The Kier molecular flexibility index (Phi) is 8.03. The zero-order valence-corrected chi connectivity index (χ0v) is 27.1. The van der Waals surface area contributed by atoms with Gasteiger partial charge >= 0.3 is 0 Å². The summed E-state index contributed by atoms with van der Waals surface area (Å²) >= 11 is 0. The molecule has 0 N–H and O–H groups in total. The normalized spacial score (nSPS) is 11.4. The Morgan fingerprint density at radius 3 is 0.848 bits per heavy atom. The molecule has 0 aromatic heterocycles. The highest BCUT2D eigenvalue weighted by Crippen LogP contribution is 2.50. The first-order valence-corrected chi connectivity index (χ1v) is 16.3. The summed E-state index contributed by atoms with van der Waals surface area (Å²) in [4.78, 5) is 4.87. The zero-order chi connectivity index (χ0) is 31.6. The lowest BCUT2D eigenvalue weighted by Gasteiger charge is -2.33. The minimum Gasteiger partial charge on any atom is -0.309 e. The van der Waals surface area contributed by atoms with Crippen LogP contribution in [0.1, 0.15) is 50.7 Å². The van der Waals surface area contributed by atoms with Crippen molar-refractivity contribution in [3.63, 3.8) is 0 Å². The third-order valence-electron chi connectivity index (χ3n) is 8.99. The first-order chi connectivity index (χ1) is 22.5. The molecule has 0 aliphatic heterocycles. The second-order valence-corrected chi connectivity index (χ2v) is 12.6. The van der Waals surface area contributed by atoms with Gasteiger partial charge in [0.2, 0.25) is 0 Å². The van der Waals surface area contributed by atoms with Crippen LogP contribution in [0.3, 0.4) is 0 Å². The monoisotopic (exact) mass is 596 g/mol. The van der Waals surface area contributed by atoms with Crippen molar-refractivity contribution >= 4 is 55.7 Å². The van der Waals surface area contributed by atoms with Crippen LogP contribution < -0.4 is 9.80 Å². The molecule has 0 heterocycles. The molecule has 0 unspecified atom stereocenters. The van der Waals surface area contributed by atoms with Gasteiger partial charge in [-0.2, -0.15) is 0 Å². The largest absolute Gasteiger partial charge is 0.309 e. The van der Waals surface area contributed by atoms with Crippen LogP contribution in [-0.4, -0.2) is 0 Å². The molecule has 7 aromatic carbocycles. The third kappa shape index (κ3) is 5.41. The van der Waals surface area contributed by atoms with Crippen LogP contribution in [0.4, 0.5) is 34.1 Å². The van der Waals surface area contributed by atoms with Crippen LogP contribution in [0.2, 0.25) is 0 Å². The molecule has 7 rings (SSSR count). The fourth-order valence-corrected chi connectivity index (χ4v) is 6.55. The van der Waals surface area contributed by atoms with Crippen LogP contribution in [0, 0.1) is 0 Å². The van der Waals surface area contributed by atoms with Crippen LogP contribution in [0.5, 0.6) is 0 Å². The maximum absolute atomic E-state index is 2.46. The lowest BCUT2D eigenvalue weighted by Crippen LogP contribution is -2.14. The summed E-state index contributed by atoms with van der Waals surface area (Å²) in [7, 11) is 0. The molecule has 0 radical (unpaired) electrons. The summed E-state index contributed by atoms with van der Waals surface area (Å²) in [6, 6.07) is 57.5. The molecule has 226 valence electrons. The second-order valence-electron chi connectivity index (χ2n) is 12.6. The van der Waals surface area contributed by atoms with Crippen molar-refractivity contribution < 1.29 is 0 Å². The quantitative estimate of drug-likeness (QED) is 0.127. The van der Waals surface area contributed by atoms with Gasteiger partial charge in [-0.1, -0.05) is 137 Å². The molecule has 0 amide bonds. The van der Waals surface area contributed by atoms with E-state index in [4.69, 9.17) is 0 Å². The predicted molar refractivity (Wildman–Crippen MR) is 199 cm³/mol. The summed E-state index contributed by atoms with van der Waals surface area (Å²) in [5.41, 5.74) is 9.59. The predicted octanol–water partition coefficient (Wildman–Crippen LogP) is 13.2. The highest BCUT2D eigenvalue weighted by atomic mass is 15.2. The molecule has 0 aliphatic carbocycles. The van der Waals surface area contributed by atoms with E-state index in [9.17, 15) is 0 Å². The van der Waals surface area contributed by atoms with Gasteiger partial charge < -0.3 is 9.80 Å². The Balaban J connectivity index is 1.57. The van der Waals surface area contributed by atoms with Crippen molar-refractivity contribution in [1.82, 2.24) is 0 Å². The SMILES string of the molecule is CC(C)c1ccc(N(c2ccc(C(C)C)cc2)c2c3ccccc3c(N(c3ccccc3)c3ccccc3)c3ccccc23)cc1. The van der Waals surface area contributed by atoms with Gasteiger partial charge in [0.15, 0.2) is 0 Å². The molecule has 0 bridgehead atoms. The molecular weight excluding hydrogens is 556 g/mol.